The van der Waals surface area contributed by atoms with Gasteiger partial charge in [0.2, 0.25) is 0 Å². The van der Waals surface area contributed by atoms with Crippen molar-refractivity contribution in [2.75, 3.05) is 6.61 Å². The predicted octanol–water partition coefficient (Wildman–Crippen LogP) is 4.31. The molecule has 0 amide bonds. The minimum absolute atomic E-state index is 0.205. The molecule has 2 N–H and O–H groups in total. The topological polar surface area (TPSA) is 80.9 Å². The molecule has 3 atom stereocenters. The molecule has 3 rings (SSSR count). The van der Waals surface area contributed by atoms with Crippen LogP contribution >= 0.6 is 0 Å². The largest absolute Gasteiger partial charge is 0.494 e. The second-order valence-electron chi connectivity index (χ2n) is 7.55. The molecule has 0 aliphatic heterocycles. The summed E-state index contributed by atoms with van der Waals surface area (Å²) < 4.78 is 12.2. The minimum atomic E-state index is -0.496. The average Bonchev–Trinajstić information content (AvgIpc) is 3.30. The van der Waals surface area contributed by atoms with E-state index in [-0.39, 0.29) is 29.6 Å². The molecule has 1 aromatic heterocycles. The van der Waals surface area contributed by atoms with Crippen molar-refractivity contribution >= 4 is 5.97 Å². The fraction of sp³-hybridized carbons (Fsp3) is 0.667. The molecule has 0 aromatic carbocycles. The molecule has 0 radical (unpaired) electrons. The van der Waals surface area contributed by atoms with Gasteiger partial charge in [-0.25, -0.2) is 0 Å². The average molecular weight is 377 g/mol. The highest BCUT2D eigenvalue weighted by molar-refractivity contribution is 5.69. The van der Waals surface area contributed by atoms with E-state index in [0.29, 0.717) is 19.6 Å². The van der Waals surface area contributed by atoms with Gasteiger partial charge in [0, 0.05) is 35.9 Å². The number of hydrogen-bond donors (Lipinski definition) is 2. The van der Waals surface area contributed by atoms with E-state index in [9.17, 15) is 15.0 Å². The molecule has 27 heavy (non-hydrogen) atoms. The van der Waals surface area contributed by atoms with E-state index in [1.54, 1.807) is 11.5 Å². The third kappa shape index (κ3) is 4.32. The Hall–Kier alpha value is -1.95. The lowest BCUT2D eigenvalue weighted by Crippen LogP contribution is -2.18. The number of esters is 1. The monoisotopic (exact) mass is 377 g/mol. The van der Waals surface area contributed by atoms with E-state index in [1.165, 1.54) is 0 Å². The molecule has 3 unspecified atom stereocenters. The summed E-state index contributed by atoms with van der Waals surface area (Å²) in [6.45, 7) is 4.99. The molecular weight excluding hydrogens is 346 g/mol. The van der Waals surface area contributed by atoms with Crippen LogP contribution in [0.4, 0.5) is 0 Å². The lowest BCUT2D eigenvalue weighted by Gasteiger charge is -2.14. The van der Waals surface area contributed by atoms with Crippen LogP contribution in [0.2, 0.25) is 0 Å². The summed E-state index contributed by atoms with van der Waals surface area (Å²) in [7, 11) is 0. The van der Waals surface area contributed by atoms with Gasteiger partial charge in [0.1, 0.15) is 0 Å². The normalized spacial score (nSPS) is 20.8. The second kappa shape index (κ2) is 8.83. The van der Waals surface area contributed by atoms with Crippen molar-refractivity contribution in [3.63, 3.8) is 0 Å². The van der Waals surface area contributed by atoms with Gasteiger partial charge >= 0.3 is 5.97 Å². The maximum atomic E-state index is 11.8. The van der Waals surface area contributed by atoms with Crippen molar-refractivity contribution < 1.29 is 24.5 Å². The van der Waals surface area contributed by atoms with Gasteiger partial charge in [0.25, 0.3) is 0 Å². The van der Waals surface area contributed by atoms with E-state index in [2.05, 4.69) is 19.1 Å². The lowest BCUT2D eigenvalue weighted by atomic mass is 10.0. The van der Waals surface area contributed by atoms with Crippen molar-refractivity contribution in [1.82, 2.24) is 4.57 Å². The summed E-state index contributed by atoms with van der Waals surface area (Å²) in [4.78, 5) is 11.8. The fourth-order valence-corrected chi connectivity index (χ4v) is 4.09. The maximum absolute atomic E-state index is 11.8. The molecule has 2 aliphatic carbocycles. The number of hydrogen-bond acceptors (Lipinski definition) is 5. The number of rotatable bonds is 11. The highest BCUT2D eigenvalue weighted by Crippen LogP contribution is 2.56. The summed E-state index contributed by atoms with van der Waals surface area (Å²) >= 11 is 0. The van der Waals surface area contributed by atoms with E-state index in [4.69, 9.17) is 9.47 Å². The van der Waals surface area contributed by atoms with Crippen molar-refractivity contribution in [1.29, 1.82) is 0 Å². The number of allylic oxidation sites excluding steroid dienone is 2. The Balaban J connectivity index is 1.36. The molecule has 0 fully saturated rings. The smallest absolute Gasteiger partial charge is 0.308 e. The van der Waals surface area contributed by atoms with Gasteiger partial charge in [-0.05, 0) is 32.6 Å². The first-order valence-corrected chi connectivity index (χ1v) is 10.2. The molecule has 0 spiro atoms. The first-order chi connectivity index (χ1) is 13.0. The van der Waals surface area contributed by atoms with Crippen LogP contribution < -0.4 is 0 Å². The summed E-state index contributed by atoms with van der Waals surface area (Å²) in [5.41, 5.74) is 1.81. The molecular formula is C21H31NO5. The second-order valence-corrected chi connectivity index (χ2v) is 7.55. The molecule has 6 heteroatoms. The van der Waals surface area contributed by atoms with Crippen LogP contribution in [-0.2, 0) is 20.8 Å². The Morgan fingerprint density at radius 2 is 1.81 bits per heavy atom. The van der Waals surface area contributed by atoms with Gasteiger partial charge in [0.15, 0.2) is 18.1 Å². The van der Waals surface area contributed by atoms with Crippen LogP contribution in [0, 0.1) is 0 Å². The van der Waals surface area contributed by atoms with Crippen LogP contribution in [0.25, 0.3) is 0 Å². The summed E-state index contributed by atoms with van der Waals surface area (Å²) in [6, 6.07) is 0. The number of nitrogens with zero attached hydrogens (tertiary/aromatic N) is 1. The van der Waals surface area contributed by atoms with Gasteiger partial charge < -0.3 is 19.7 Å². The number of aromatic hydroxyl groups is 2. The Bertz CT molecular complexity index is 658. The van der Waals surface area contributed by atoms with Crippen LogP contribution in [0.5, 0.6) is 11.8 Å². The summed E-state index contributed by atoms with van der Waals surface area (Å²) in [5, 5.41) is 20.9. The van der Waals surface area contributed by atoms with Gasteiger partial charge in [-0.1, -0.05) is 31.9 Å². The van der Waals surface area contributed by atoms with E-state index in [1.807, 2.05) is 0 Å². The number of ether oxygens (including phenoxy) is 2. The zero-order valence-electron chi connectivity index (χ0n) is 16.3. The third-order valence-corrected chi connectivity index (χ3v) is 5.52. The zero-order chi connectivity index (χ0) is 19.4. The van der Waals surface area contributed by atoms with Crippen LogP contribution in [0.15, 0.2) is 12.2 Å². The first-order valence-electron chi connectivity index (χ1n) is 10.2. The highest BCUT2D eigenvalue weighted by atomic mass is 16.7. The number of carbonyl (C=O) groups is 1. The number of unbranched alkanes of at least 4 members (excludes halogenated alkanes) is 3. The third-order valence-electron chi connectivity index (χ3n) is 5.52. The number of carbonyl (C=O) groups excluding carboxylic acids is 1. The van der Waals surface area contributed by atoms with E-state index >= 15 is 0 Å². The Morgan fingerprint density at radius 1 is 1.15 bits per heavy atom. The predicted molar refractivity (Wildman–Crippen MR) is 102 cm³/mol. The summed E-state index contributed by atoms with van der Waals surface area (Å²) in [6.07, 6.45) is 9.41. The van der Waals surface area contributed by atoms with Crippen molar-refractivity contribution in [3.05, 3.63) is 23.3 Å². The Labute approximate surface area is 160 Å². The van der Waals surface area contributed by atoms with Crippen molar-refractivity contribution in [3.8, 4) is 11.8 Å². The molecule has 2 bridgehead atoms. The molecule has 6 nitrogen and oxygen atoms in total. The standard InChI is InChI=1S/C21H31NO5/c1-3-4-12-26-14(2)27-17(23)8-6-5-7-11-22-20(24)18-15-9-10-16(13-15)19(18)21(22)25/h9-10,14-16,24-25H,3-8,11-13H2,1-2H3. The van der Waals surface area contributed by atoms with Gasteiger partial charge in [-0.2, -0.15) is 0 Å². The Morgan fingerprint density at radius 3 is 2.44 bits per heavy atom. The highest BCUT2D eigenvalue weighted by Gasteiger charge is 2.40. The van der Waals surface area contributed by atoms with E-state index < -0.39 is 6.29 Å². The maximum Gasteiger partial charge on any atom is 0.308 e. The van der Waals surface area contributed by atoms with Crippen LogP contribution in [-0.4, -0.2) is 33.6 Å². The van der Waals surface area contributed by atoms with Crippen LogP contribution in [0.3, 0.4) is 0 Å². The molecule has 2 aliphatic rings. The lowest BCUT2D eigenvalue weighted by molar-refractivity contribution is -0.175. The van der Waals surface area contributed by atoms with Gasteiger partial charge in [0.05, 0.1) is 6.61 Å². The van der Waals surface area contributed by atoms with Crippen molar-refractivity contribution in [2.45, 2.75) is 83.5 Å². The van der Waals surface area contributed by atoms with Gasteiger partial charge in [-0.3, -0.25) is 9.36 Å². The summed E-state index contributed by atoms with van der Waals surface area (Å²) in [5.74, 6) is 0.655. The number of fused-ring (bicyclic) bond motifs is 5. The van der Waals surface area contributed by atoms with Gasteiger partial charge in [-0.15, -0.1) is 0 Å². The van der Waals surface area contributed by atoms with Crippen LogP contribution in [0.1, 0.15) is 81.8 Å². The first kappa shape index (κ1) is 19.8. The van der Waals surface area contributed by atoms with Crippen molar-refractivity contribution in [2.24, 2.45) is 0 Å². The molecule has 1 aromatic rings. The fourth-order valence-electron chi connectivity index (χ4n) is 4.09. The Kier molecular flexibility index (Phi) is 6.47. The molecule has 0 saturated heterocycles. The number of aromatic nitrogens is 1. The van der Waals surface area contributed by atoms with E-state index in [0.717, 1.165) is 49.7 Å². The quantitative estimate of drug-likeness (QED) is 0.260. The molecule has 1 heterocycles. The zero-order valence-corrected chi connectivity index (χ0v) is 16.3. The molecule has 0 saturated carbocycles. The SMILES string of the molecule is CCCCOC(C)OC(=O)CCCCCn1c(O)c2c(c1O)C1C=CC2C1. The molecule has 150 valence electrons. The minimum Gasteiger partial charge on any atom is -0.494 e.